The number of rotatable bonds is 7. The van der Waals surface area contributed by atoms with Crippen LogP contribution in [0.25, 0.3) is 17.7 Å². The second-order valence-electron chi connectivity index (χ2n) is 8.63. The maximum Gasteiger partial charge on any atom is 0.263 e. The Balaban J connectivity index is 1.23. The molecule has 0 atom stereocenters. The number of H-pyrrole nitrogens is 1. The Kier molecular flexibility index (Phi) is 6.96. The molecule has 1 aliphatic rings. The Bertz CT molecular complexity index is 1680. The van der Waals surface area contributed by atoms with Crippen molar-refractivity contribution in [3.8, 4) is 0 Å². The van der Waals surface area contributed by atoms with Crippen LogP contribution in [0, 0.1) is 17.5 Å². The zero-order chi connectivity index (χ0) is 27.5. The predicted molar refractivity (Wildman–Crippen MR) is 139 cm³/mol. The van der Waals surface area contributed by atoms with Gasteiger partial charge >= 0.3 is 0 Å². The number of benzene rings is 2. The summed E-state index contributed by atoms with van der Waals surface area (Å²) in [6.07, 6.45) is 9.72. The molecule has 0 saturated carbocycles. The van der Waals surface area contributed by atoms with Crippen LogP contribution in [-0.4, -0.2) is 32.9 Å². The molecule has 8 nitrogen and oxygen atoms in total. The minimum atomic E-state index is -1.59. The maximum atomic E-state index is 13.5. The molecule has 11 heteroatoms. The number of aromatic nitrogens is 3. The molecule has 2 aromatic carbocycles. The minimum Gasteiger partial charge on any atom is -0.348 e. The van der Waals surface area contributed by atoms with Crippen LogP contribution in [0.4, 0.5) is 18.9 Å². The largest absolute Gasteiger partial charge is 0.348 e. The number of pyridine rings is 1. The Morgan fingerprint density at radius 1 is 1.08 bits per heavy atom. The van der Waals surface area contributed by atoms with Crippen LogP contribution in [0.15, 0.2) is 71.9 Å². The highest BCUT2D eigenvalue weighted by Gasteiger charge is 2.24. The van der Waals surface area contributed by atoms with E-state index in [1.54, 1.807) is 36.7 Å². The molecule has 4 aromatic rings. The van der Waals surface area contributed by atoms with Crippen LogP contribution in [0.1, 0.15) is 32.9 Å². The first-order chi connectivity index (χ1) is 18.8. The van der Waals surface area contributed by atoms with Gasteiger partial charge < -0.3 is 20.2 Å². The number of fused-ring (bicyclic) bond motifs is 1. The molecule has 2 aromatic heterocycles. The summed E-state index contributed by atoms with van der Waals surface area (Å²) in [5, 5.41) is 5.44. The Morgan fingerprint density at radius 2 is 1.87 bits per heavy atom. The van der Waals surface area contributed by atoms with Crippen molar-refractivity contribution in [2.45, 2.75) is 6.54 Å². The molecule has 196 valence electrons. The van der Waals surface area contributed by atoms with Crippen molar-refractivity contribution < 1.29 is 22.8 Å². The molecule has 5 rings (SSSR count). The van der Waals surface area contributed by atoms with Crippen molar-refractivity contribution in [1.82, 2.24) is 19.9 Å². The average Bonchev–Trinajstić information content (AvgIpc) is 3.53. The van der Waals surface area contributed by atoms with Crippen LogP contribution in [0.2, 0.25) is 0 Å². The van der Waals surface area contributed by atoms with Crippen LogP contribution in [0.3, 0.4) is 0 Å². The summed E-state index contributed by atoms with van der Waals surface area (Å²) in [6, 6.07) is 9.81. The molecule has 0 saturated heterocycles. The first-order valence-corrected chi connectivity index (χ1v) is 11.7. The smallest absolute Gasteiger partial charge is 0.263 e. The van der Waals surface area contributed by atoms with E-state index in [2.05, 4.69) is 20.6 Å². The second kappa shape index (κ2) is 10.7. The number of carbonyl (C=O) groups is 2. The lowest BCUT2D eigenvalue weighted by atomic mass is 10.0. The van der Waals surface area contributed by atoms with E-state index in [4.69, 9.17) is 0 Å². The van der Waals surface area contributed by atoms with Gasteiger partial charge in [-0.1, -0.05) is 24.3 Å². The van der Waals surface area contributed by atoms with E-state index in [-0.39, 0.29) is 30.1 Å². The summed E-state index contributed by atoms with van der Waals surface area (Å²) in [6.45, 7) is -0.143. The van der Waals surface area contributed by atoms with Gasteiger partial charge in [-0.2, -0.15) is 0 Å². The molecule has 3 N–H and O–H groups in total. The third-order valence-corrected chi connectivity index (χ3v) is 5.98. The number of imidazole rings is 1. The van der Waals surface area contributed by atoms with Gasteiger partial charge in [-0.05, 0) is 47.5 Å². The highest BCUT2D eigenvalue weighted by atomic mass is 19.2. The normalized spacial score (nSPS) is 13.6. The first kappa shape index (κ1) is 25.5. The Labute approximate surface area is 219 Å². The molecular weight excluding hydrogens is 511 g/mol. The quantitative estimate of drug-likeness (QED) is 0.248. The molecule has 0 bridgehead atoms. The van der Waals surface area contributed by atoms with Crippen LogP contribution in [-0.2, 0) is 11.3 Å². The number of halogens is 3. The van der Waals surface area contributed by atoms with Gasteiger partial charge in [0.25, 0.3) is 17.4 Å². The summed E-state index contributed by atoms with van der Waals surface area (Å²) in [5.74, 6) is -4.63. The van der Waals surface area contributed by atoms with Gasteiger partial charge in [0.2, 0.25) is 0 Å². The summed E-state index contributed by atoms with van der Waals surface area (Å²) in [7, 11) is 0. The van der Waals surface area contributed by atoms with E-state index in [9.17, 15) is 27.6 Å². The summed E-state index contributed by atoms with van der Waals surface area (Å²) >= 11 is 0. The zero-order valence-electron chi connectivity index (χ0n) is 20.2. The van der Waals surface area contributed by atoms with Crippen molar-refractivity contribution in [3.05, 3.63) is 123 Å². The molecule has 0 unspecified atom stereocenters. The standard InChI is InChI=1S/C28H20F3N5O3/c29-21-11-17(12-22(30)25(21)31)15-36-10-2-4-19(28(36)39)26(37)34-7-1-3-16-5-6-18-20(14-24-32-8-9-33-24)27(38)35-23(18)13-16/h1-6,8-14H,7,15H2,(H,32,33)(H,34,37)(H,35,38). The Hall–Kier alpha value is -5.19. The number of nitrogens with zero attached hydrogens (tertiary/aromatic N) is 2. The summed E-state index contributed by atoms with van der Waals surface area (Å²) in [5.41, 5.74) is 1.86. The predicted octanol–water partition coefficient (Wildman–Crippen LogP) is 3.97. The lowest BCUT2D eigenvalue weighted by Crippen LogP contribution is -2.33. The monoisotopic (exact) mass is 531 g/mol. The maximum absolute atomic E-state index is 13.5. The highest BCUT2D eigenvalue weighted by Crippen LogP contribution is 2.33. The number of anilines is 1. The number of hydrogen-bond donors (Lipinski definition) is 3. The zero-order valence-corrected chi connectivity index (χ0v) is 20.2. The fraction of sp³-hybridized carbons (Fsp3) is 0.0714. The molecule has 1 aliphatic heterocycles. The number of nitrogens with one attached hydrogen (secondary N) is 3. The molecule has 3 heterocycles. The first-order valence-electron chi connectivity index (χ1n) is 11.7. The van der Waals surface area contributed by atoms with Gasteiger partial charge in [0, 0.05) is 36.4 Å². The topological polar surface area (TPSA) is 109 Å². The van der Waals surface area contributed by atoms with Gasteiger partial charge in [0.05, 0.1) is 12.1 Å². The fourth-order valence-electron chi connectivity index (χ4n) is 4.12. The van der Waals surface area contributed by atoms with Crippen molar-refractivity contribution in [3.63, 3.8) is 0 Å². The van der Waals surface area contributed by atoms with E-state index >= 15 is 0 Å². The number of hydrogen-bond acceptors (Lipinski definition) is 4. The molecule has 0 aliphatic carbocycles. The number of aromatic amines is 1. The molecule has 2 amide bonds. The van der Waals surface area contributed by atoms with E-state index in [0.717, 1.165) is 27.8 Å². The number of amides is 2. The SMILES string of the molecule is O=C1Nc2cc(C=CCNC(=O)c3cccn(Cc4cc(F)c(F)c(F)c4)c3=O)ccc2C1=Cc1ncc[nH]1. The van der Waals surface area contributed by atoms with Gasteiger partial charge in [-0.3, -0.25) is 14.4 Å². The summed E-state index contributed by atoms with van der Waals surface area (Å²) in [4.78, 5) is 44.8. The van der Waals surface area contributed by atoms with Gasteiger partial charge in [-0.15, -0.1) is 0 Å². The highest BCUT2D eigenvalue weighted by molar-refractivity contribution is 6.34. The third kappa shape index (κ3) is 5.42. The van der Waals surface area contributed by atoms with E-state index < -0.39 is 28.9 Å². The van der Waals surface area contributed by atoms with E-state index in [0.29, 0.717) is 17.1 Å². The Morgan fingerprint density at radius 3 is 2.62 bits per heavy atom. The van der Waals surface area contributed by atoms with Gasteiger partial charge in [0.15, 0.2) is 17.5 Å². The molecule has 0 spiro atoms. The molecule has 0 radical (unpaired) electrons. The minimum absolute atomic E-state index is 0.0307. The van der Waals surface area contributed by atoms with Crippen LogP contribution in [0.5, 0.6) is 0 Å². The van der Waals surface area contributed by atoms with Gasteiger partial charge in [0.1, 0.15) is 11.4 Å². The second-order valence-corrected chi connectivity index (χ2v) is 8.63. The van der Waals surface area contributed by atoms with Crippen molar-refractivity contribution in [2.75, 3.05) is 11.9 Å². The van der Waals surface area contributed by atoms with Crippen molar-refractivity contribution in [2.24, 2.45) is 0 Å². The fourth-order valence-corrected chi connectivity index (χ4v) is 4.12. The van der Waals surface area contributed by atoms with Crippen molar-refractivity contribution >= 4 is 35.2 Å². The van der Waals surface area contributed by atoms with Crippen LogP contribution >= 0.6 is 0 Å². The van der Waals surface area contributed by atoms with E-state index in [1.807, 2.05) is 12.1 Å². The molecular formula is C28H20F3N5O3. The lowest BCUT2D eigenvalue weighted by molar-refractivity contribution is -0.110. The number of carbonyl (C=O) groups excluding carboxylic acids is 2. The van der Waals surface area contributed by atoms with Crippen LogP contribution < -0.4 is 16.2 Å². The third-order valence-electron chi connectivity index (χ3n) is 5.98. The molecule has 0 fully saturated rings. The van der Waals surface area contributed by atoms with Crippen molar-refractivity contribution in [1.29, 1.82) is 0 Å². The summed E-state index contributed by atoms with van der Waals surface area (Å²) < 4.78 is 41.3. The van der Waals surface area contributed by atoms with E-state index in [1.165, 1.54) is 18.3 Å². The lowest BCUT2D eigenvalue weighted by Gasteiger charge is -2.09. The van der Waals surface area contributed by atoms with Gasteiger partial charge in [-0.25, -0.2) is 18.2 Å². The average molecular weight is 531 g/mol. The molecule has 39 heavy (non-hydrogen) atoms.